The van der Waals surface area contributed by atoms with Crippen LogP contribution in [0.4, 0.5) is 0 Å². The highest BCUT2D eigenvalue weighted by Gasteiger charge is 2.28. The fourth-order valence-corrected chi connectivity index (χ4v) is 2.91. The Labute approximate surface area is 108 Å². The molecule has 0 aromatic carbocycles. The Bertz CT molecular complexity index is 207. The van der Waals surface area contributed by atoms with Crippen LogP contribution in [0.25, 0.3) is 0 Å². The topological polar surface area (TPSA) is 15.3 Å². The van der Waals surface area contributed by atoms with E-state index in [-0.39, 0.29) is 0 Å². The minimum absolute atomic E-state index is 0.487. The van der Waals surface area contributed by atoms with Gasteiger partial charge in [0.2, 0.25) is 0 Å². The number of hydrogen-bond acceptors (Lipinski definition) is 2. The molecule has 1 N–H and O–H groups in total. The number of rotatable bonds is 4. The summed E-state index contributed by atoms with van der Waals surface area (Å²) in [7, 11) is 0. The van der Waals surface area contributed by atoms with Gasteiger partial charge in [0, 0.05) is 12.6 Å². The van der Waals surface area contributed by atoms with Crippen molar-refractivity contribution in [1.29, 1.82) is 0 Å². The van der Waals surface area contributed by atoms with Gasteiger partial charge in [-0.3, -0.25) is 4.90 Å². The average Bonchev–Trinajstić information content (AvgIpc) is 2.50. The van der Waals surface area contributed by atoms with Crippen molar-refractivity contribution in [3.05, 3.63) is 0 Å². The normalized spacial score (nSPS) is 25.6. The van der Waals surface area contributed by atoms with Gasteiger partial charge in [-0.25, -0.2) is 0 Å². The van der Waals surface area contributed by atoms with Gasteiger partial charge in [-0.15, -0.1) is 0 Å². The molecule has 2 heteroatoms. The maximum atomic E-state index is 3.47. The highest BCUT2D eigenvalue weighted by Crippen LogP contribution is 2.34. The van der Waals surface area contributed by atoms with E-state index in [2.05, 4.69) is 44.8 Å². The van der Waals surface area contributed by atoms with Crippen LogP contribution in [0.3, 0.4) is 0 Å². The summed E-state index contributed by atoms with van der Waals surface area (Å²) in [6.45, 7) is 16.5. The van der Waals surface area contributed by atoms with Crippen molar-refractivity contribution < 1.29 is 0 Å². The van der Waals surface area contributed by atoms with Crippen molar-refractivity contribution in [2.75, 3.05) is 26.2 Å². The Balaban J connectivity index is 2.42. The number of likely N-dealkylation sites (tertiary alicyclic amines) is 1. The maximum Gasteiger partial charge on any atom is 0.0192 e. The summed E-state index contributed by atoms with van der Waals surface area (Å²) in [4.78, 5) is 2.68. The van der Waals surface area contributed by atoms with Crippen LogP contribution in [-0.4, -0.2) is 37.1 Å². The molecule has 1 aliphatic rings. The van der Waals surface area contributed by atoms with Gasteiger partial charge in [0.15, 0.2) is 0 Å². The Morgan fingerprint density at radius 1 is 1.24 bits per heavy atom. The average molecular weight is 240 g/mol. The van der Waals surface area contributed by atoms with Crippen LogP contribution < -0.4 is 5.32 Å². The molecule has 2 unspecified atom stereocenters. The number of nitrogens with one attached hydrogen (secondary N) is 1. The fraction of sp³-hybridized carbons (Fsp3) is 1.00. The van der Waals surface area contributed by atoms with Crippen molar-refractivity contribution in [3.63, 3.8) is 0 Å². The van der Waals surface area contributed by atoms with Gasteiger partial charge in [0.05, 0.1) is 0 Å². The van der Waals surface area contributed by atoms with Crippen LogP contribution in [0, 0.1) is 11.3 Å². The third-order valence-corrected chi connectivity index (χ3v) is 4.30. The fourth-order valence-electron chi connectivity index (χ4n) is 2.91. The van der Waals surface area contributed by atoms with Crippen molar-refractivity contribution in [1.82, 2.24) is 10.2 Å². The molecule has 1 saturated heterocycles. The van der Waals surface area contributed by atoms with E-state index in [0.29, 0.717) is 11.5 Å². The summed E-state index contributed by atoms with van der Waals surface area (Å²) in [5.74, 6) is 0.902. The maximum absolute atomic E-state index is 3.47. The monoisotopic (exact) mass is 240 g/mol. The van der Waals surface area contributed by atoms with Crippen LogP contribution in [0.2, 0.25) is 0 Å². The van der Waals surface area contributed by atoms with E-state index in [1.807, 2.05) is 0 Å². The Morgan fingerprint density at radius 3 is 2.53 bits per heavy atom. The predicted molar refractivity (Wildman–Crippen MR) is 76.4 cm³/mol. The SMILES string of the molecule is CCNCC(C)N1CCCC(C(C)(C)C)CC1. The summed E-state index contributed by atoms with van der Waals surface area (Å²) in [5, 5.41) is 3.47. The lowest BCUT2D eigenvalue weighted by Crippen LogP contribution is -2.41. The molecule has 17 heavy (non-hydrogen) atoms. The van der Waals surface area contributed by atoms with Crippen LogP contribution in [0.1, 0.15) is 53.9 Å². The summed E-state index contributed by atoms with van der Waals surface area (Å²) in [6, 6.07) is 0.689. The first kappa shape index (κ1) is 15.0. The van der Waals surface area contributed by atoms with Gasteiger partial charge in [-0.1, -0.05) is 27.7 Å². The summed E-state index contributed by atoms with van der Waals surface area (Å²) >= 11 is 0. The zero-order valence-electron chi connectivity index (χ0n) is 12.6. The van der Waals surface area contributed by atoms with Gasteiger partial charge in [0.25, 0.3) is 0 Å². The molecular weight excluding hydrogens is 208 g/mol. The van der Waals surface area contributed by atoms with E-state index in [1.165, 1.54) is 32.4 Å². The molecule has 1 aliphatic heterocycles. The van der Waals surface area contributed by atoms with Crippen molar-refractivity contribution in [2.45, 2.75) is 59.9 Å². The molecule has 2 nitrogen and oxygen atoms in total. The third kappa shape index (κ3) is 4.97. The van der Waals surface area contributed by atoms with Crippen LogP contribution in [-0.2, 0) is 0 Å². The van der Waals surface area contributed by atoms with Gasteiger partial charge in [-0.2, -0.15) is 0 Å². The van der Waals surface area contributed by atoms with E-state index >= 15 is 0 Å². The van der Waals surface area contributed by atoms with Crippen molar-refractivity contribution in [3.8, 4) is 0 Å². The molecule has 0 spiro atoms. The summed E-state index contributed by atoms with van der Waals surface area (Å²) in [6.07, 6.45) is 4.16. The zero-order valence-corrected chi connectivity index (χ0v) is 12.6. The van der Waals surface area contributed by atoms with E-state index < -0.39 is 0 Å². The molecule has 0 saturated carbocycles. The van der Waals surface area contributed by atoms with Crippen LogP contribution in [0.5, 0.6) is 0 Å². The molecule has 2 atom stereocenters. The van der Waals surface area contributed by atoms with Gasteiger partial charge in [0.1, 0.15) is 0 Å². The van der Waals surface area contributed by atoms with Crippen LogP contribution in [0.15, 0.2) is 0 Å². The molecule has 0 amide bonds. The molecule has 0 bridgehead atoms. The van der Waals surface area contributed by atoms with E-state index in [0.717, 1.165) is 19.0 Å². The van der Waals surface area contributed by atoms with Crippen LogP contribution >= 0.6 is 0 Å². The molecule has 0 aromatic heterocycles. The minimum Gasteiger partial charge on any atom is -0.315 e. The zero-order chi connectivity index (χ0) is 12.9. The second kappa shape index (κ2) is 6.75. The Morgan fingerprint density at radius 2 is 1.94 bits per heavy atom. The van der Waals surface area contributed by atoms with Crippen molar-refractivity contribution in [2.24, 2.45) is 11.3 Å². The number of hydrogen-bond donors (Lipinski definition) is 1. The molecule has 1 heterocycles. The number of likely N-dealkylation sites (N-methyl/N-ethyl adjacent to an activating group) is 1. The van der Waals surface area contributed by atoms with Gasteiger partial charge >= 0.3 is 0 Å². The molecule has 0 aromatic rings. The lowest BCUT2D eigenvalue weighted by Gasteiger charge is -2.31. The predicted octanol–water partition coefficient (Wildman–Crippen LogP) is 3.13. The van der Waals surface area contributed by atoms with Crippen molar-refractivity contribution >= 4 is 0 Å². The Kier molecular flexibility index (Phi) is 5.94. The summed E-state index contributed by atoms with van der Waals surface area (Å²) in [5.41, 5.74) is 0.487. The van der Waals surface area contributed by atoms with E-state index in [4.69, 9.17) is 0 Å². The summed E-state index contributed by atoms with van der Waals surface area (Å²) < 4.78 is 0. The molecular formula is C15H32N2. The van der Waals surface area contributed by atoms with E-state index in [9.17, 15) is 0 Å². The third-order valence-electron chi connectivity index (χ3n) is 4.30. The molecule has 0 radical (unpaired) electrons. The second-order valence-corrected chi connectivity index (χ2v) is 6.69. The van der Waals surface area contributed by atoms with E-state index in [1.54, 1.807) is 0 Å². The molecule has 0 aliphatic carbocycles. The smallest absolute Gasteiger partial charge is 0.0192 e. The van der Waals surface area contributed by atoms with Gasteiger partial charge in [-0.05, 0) is 57.2 Å². The molecule has 1 rings (SSSR count). The first-order chi connectivity index (χ1) is 7.95. The standard InChI is InChI=1S/C15H32N2/c1-6-16-12-13(2)17-10-7-8-14(9-11-17)15(3,4)5/h13-14,16H,6-12H2,1-5H3. The molecule has 1 fully saturated rings. The number of nitrogens with zero attached hydrogens (tertiary/aromatic N) is 1. The lowest BCUT2D eigenvalue weighted by molar-refractivity contribution is 0.187. The highest BCUT2D eigenvalue weighted by molar-refractivity contribution is 4.81. The lowest BCUT2D eigenvalue weighted by atomic mass is 9.77. The first-order valence-corrected chi connectivity index (χ1v) is 7.40. The minimum atomic E-state index is 0.487. The Hall–Kier alpha value is -0.0800. The second-order valence-electron chi connectivity index (χ2n) is 6.69. The quantitative estimate of drug-likeness (QED) is 0.812. The first-order valence-electron chi connectivity index (χ1n) is 7.40. The largest absolute Gasteiger partial charge is 0.315 e. The highest BCUT2D eigenvalue weighted by atomic mass is 15.2. The van der Waals surface area contributed by atoms with Gasteiger partial charge < -0.3 is 5.32 Å². The molecule has 102 valence electrons.